The summed E-state index contributed by atoms with van der Waals surface area (Å²) in [5, 5.41) is 3.43. The maximum Gasteiger partial charge on any atom is 0.225 e. The van der Waals surface area contributed by atoms with Gasteiger partial charge in [-0.25, -0.2) is 0 Å². The minimum Gasteiger partial charge on any atom is -0.328 e. The number of carbonyl (C=O) groups is 1. The third-order valence-corrected chi connectivity index (χ3v) is 4.42. The standard InChI is InChI=1S/C16H24ClN3O.ClH/c1-12(18)13-5-4-9-20(11-13)10-8-16(21)19-15-7-3-2-6-14(15)17;/h2-3,6-7,12-13H,4-5,8-11,18H2,1H3,(H,19,21);1H. The molecule has 0 bridgehead atoms. The summed E-state index contributed by atoms with van der Waals surface area (Å²) in [7, 11) is 0. The van der Waals surface area contributed by atoms with Gasteiger partial charge in [0.25, 0.3) is 0 Å². The number of likely N-dealkylation sites (tertiary alicyclic amines) is 1. The summed E-state index contributed by atoms with van der Waals surface area (Å²) in [6.45, 7) is 4.90. The normalized spacial score (nSPS) is 20.0. The fourth-order valence-corrected chi connectivity index (χ4v) is 2.94. The molecule has 0 radical (unpaired) electrons. The molecule has 0 spiro atoms. The molecule has 0 saturated carbocycles. The van der Waals surface area contributed by atoms with Gasteiger partial charge in [0.2, 0.25) is 5.91 Å². The molecular weight excluding hydrogens is 321 g/mol. The lowest BCUT2D eigenvalue weighted by molar-refractivity contribution is -0.116. The number of para-hydroxylation sites is 1. The first-order chi connectivity index (χ1) is 10.1. The number of nitrogens with one attached hydrogen (secondary N) is 1. The molecule has 4 nitrogen and oxygen atoms in total. The molecule has 1 saturated heterocycles. The molecule has 124 valence electrons. The predicted molar refractivity (Wildman–Crippen MR) is 94.8 cm³/mol. The first kappa shape index (κ1) is 19.2. The zero-order valence-corrected chi connectivity index (χ0v) is 14.5. The number of hydrogen-bond acceptors (Lipinski definition) is 3. The number of benzene rings is 1. The number of rotatable bonds is 5. The van der Waals surface area contributed by atoms with Crippen LogP contribution in [0.5, 0.6) is 0 Å². The van der Waals surface area contributed by atoms with Crippen LogP contribution in [-0.2, 0) is 4.79 Å². The topological polar surface area (TPSA) is 58.4 Å². The fourth-order valence-electron chi connectivity index (χ4n) is 2.76. The third kappa shape index (κ3) is 5.76. The second-order valence-electron chi connectivity index (χ2n) is 5.84. The first-order valence-corrected chi connectivity index (χ1v) is 7.96. The van der Waals surface area contributed by atoms with Gasteiger partial charge in [-0.1, -0.05) is 23.7 Å². The van der Waals surface area contributed by atoms with Gasteiger partial charge in [0.15, 0.2) is 0 Å². The van der Waals surface area contributed by atoms with E-state index in [2.05, 4.69) is 17.1 Å². The SMILES string of the molecule is CC(N)C1CCCN(CCC(=O)Nc2ccccc2Cl)C1.Cl. The van der Waals surface area contributed by atoms with E-state index in [4.69, 9.17) is 17.3 Å². The number of hydrogen-bond donors (Lipinski definition) is 2. The van der Waals surface area contributed by atoms with Crippen molar-refractivity contribution in [1.82, 2.24) is 4.90 Å². The summed E-state index contributed by atoms with van der Waals surface area (Å²) in [5.41, 5.74) is 6.66. The maximum atomic E-state index is 12.0. The van der Waals surface area contributed by atoms with E-state index in [1.54, 1.807) is 6.07 Å². The van der Waals surface area contributed by atoms with Crippen molar-refractivity contribution in [2.45, 2.75) is 32.2 Å². The number of nitrogens with zero attached hydrogens (tertiary/aromatic N) is 1. The smallest absolute Gasteiger partial charge is 0.225 e. The van der Waals surface area contributed by atoms with Gasteiger partial charge in [-0.3, -0.25) is 4.79 Å². The monoisotopic (exact) mass is 345 g/mol. The van der Waals surface area contributed by atoms with Crippen LogP contribution in [0.1, 0.15) is 26.2 Å². The van der Waals surface area contributed by atoms with Crippen LogP contribution in [0, 0.1) is 5.92 Å². The quantitative estimate of drug-likeness (QED) is 0.861. The predicted octanol–water partition coefficient (Wildman–Crippen LogP) is 3.15. The summed E-state index contributed by atoms with van der Waals surface area (Å²) < 4.78 is 0. The average Bonchev–Trinajstić information content (AvgIpc) is 2.48. The molecule has 1 aliphatic heterocycles. The Labute approximate surface area is 143 Å². The van der Waals surface area contributed by atoms with Gasteiger partial charge in [0.05, 0.1) is 10.7 Å². The van der Waals surface area contributed by atoms with Gasteiger partial charge < -0.3 is 16.0 Å². The highest BCUT2D eigenvalue weighted by Gasteiger charge is 2.22. The van der Waals surface area contributed by atoms with Crippen LogP contribution < -0.4 is 11.1 Å². The van der Waals surface area contributed by atoms with E-state index in [1.807, 2.05) is 18.2 Å². The van der Waals surface area contributed by atoms with Crippen molar-refractivity contribution in [2.24, 2.45) is 11.7 Å². The number of piperidine rings is 1. The fraction of sp³-hybridized carbons (Fsp3) is 0.562. The van der Waals surface area contributed by atoms with Crippen LogP contribution in [0.2, 0.25) is 5.02 Å². The maximum absolute atomic E-state index is 12.0. The molecule has 2 rings (SSSR count). The van der Waals surface area contributed by atoms with E-state index >= 15 is 0 Å². The van der Waals surface area contributed by atoms with Gasteiger partial charge in [-0.2, -0.15) is 0 Å². The summed E-state index contributed by atoms with van der Waals surface area (Å²) >= 11 is 6.03. The Kier molecular flexibility index (Phi) is 8.18. The third-order valence-electron chi connectivity index (χ3n) is 4.09. The molecule has 2 atom stereocenters. The minimum absolute atomic E-state index is 0. The molecule has 1 fully saturated rings. The molecule has 3 N–H and O–H groups in total. The lowest BCUT2D eigenvalue weighted by Crippen LogP contribution is -2.43. The van der Waals surface area contributed by atoms with Crippen molar-refractivity contribution < 1.29 is 4.79 Å². The molecule has 1 aromatic carbocycles. The Morgan fingerprint density at radius 3 is 2.91 bits per heavy atom. The number of nitrogens with two attached hydrogens (primary N) is 1. The molecule has 1 amide bonds. The second kappa shape index (κ2) is 9.36. The molecular formula is C16H25Cl2N3O. The van der Waals surface area contributed by atoms with Crippen LogP contribution in [-0.4, -0.2) is 36.5 Å². The van der Waals surface area contributed by atoms with Crippen LogP contribution >= 0.6 is 24.0 Å². The van der Waals surface area contributed by atoms with E-state index in [-0.39, 0.29) is 24.4 Å². The highest BCUT2D eigenvalue weighted by Crippen LogP contribution is 2.21. The molecule has 1 aromatic rings. The molecule has 2 unspecified atom stereocenters. The highest BCUT2D eigenvalue weighted by molar-refractivity contribution is 6.33. The van der Waals surface area contributed by atoms with Crippen LogP contribution in [0.3, 0.4) is 0 Å². The van der Waals surface area contributed by atoms with Crippen molar-refractivity contribution >= 4 is 35.6 Å². The molecule has 22 heavy (non-hydrogen) atoms. The van der Waals surface area contributed by atoms with Crippen molar-refractivity contribution in [2.75, 3.05) is 25.0 Å². The van der Waals surface area contributed by atoms with Crippen LogP contribution in [0.15, 0.2) is 24.3 Å². The second-order valence-corrected chi connectivity index (χ2v) is 6.25. The molecule has 0 aromatic heterocycles. The zero-order chi connectivity index (χ0) is 15.2. The van der Waals surface area contributed by atoms with Gasteiger partial charge in [0.1, 0.15) is 0 Å². The summed E-state index contributed by atoms with van der Waals surface area (Å²) in [4.78, 5) is 14.3. The molecule has 1 heterocycles. The number of amides is 1. The molecule has 1 aliphatic rings. The lowest BCUT2D eigenvalue weighted by Gasteiger charge is -2.34. The Morgan fingerprint density at radius 2 is 2.23 bits per heavy atom. The Balaban J connectivity index is 0.00000242. The van der Waals surface area contributed by atoms with E-state index in [0.717, 1.165) is 19.6 Å². The zero-order valence-electron chi connectivity index (χ0n) is 12.9. The van der Waals surface area contributed by atoms with Crippen molar-refractivity contribution in [3.05, 3.63) is 29.3 Å². The Morgan fingerprint density at radius 1 is 1.50 bits per heavy atom. The lowest BCUT2D eigenvalue weighted by atomic mass is 9.92. The number of halogens is 2. The summed E-state index contributed by atoms with van der Waals surface area (Å²) in [5.74, 6) is 0.552. The van der Waals surface area contributed by atoms with Crippen molar-refractivity contribution in [3.63, 3.8) is 0 Å². The van der Waals surface area contributed by atoms with E-state index in [9.17, 15) is 4.79 Å². The van der Waals surface area contributed by atoms with Gasteiger partial charge in [-0.15, -0.1) is 12.4 Å². The summed E-state index contributed by atoms with van der Waals surface area (Å²) in [6.07, 6.45) is 2.84. The van der Waals surface area contributed by atoms with E-state index in [1.165, 1.54) is 12.8 Å². The Bertz CT molecular complexity index is 482. The minimum atomic E-state index is 0. The number of anilines is 1. The average molecular weight is 346 g/mol. The van der Waals surface area contributed by atoms with Gasteiger partial charge in [0, 0.05) is 25.6 Å². The van der Waals surface area contributed by atoms with E-state index in [0.29, 0.717) is 23.0 Å². The highest BCUT2D eigenvalue weighted by atomic mass is 35.5. The van der Waals surface area contributed by atoms with E-state index < -0.39 is 0 Å². The first-order valence-electron chi connectivity index (χ1n) is 7.58. The van der Waals surface area contributed by atoms with Crippen molar-refractivity contribution in [3.8, 4) is 0 Å². The van der Waals surface area contributed by atoms with Gasteiger partial charge in [-0.05, 0) is 44.4 Å². The van der Waals surface area contributed by atoms with Crippen LogP contribution in [0.4, 0.5) is 5.69 Å². The van der Waals surface area contributed by atoms with Gasteiger partial charge >= 0.3 is 0 Å². The molecule has 6 heteroatoms. The number of carbonyl (C=O) groups excluding carboxylic acids is 1. The summed E-state index contributed by atoms with van der Waals surface area (Å²) in [6, 6.07) is 7.52. The molecule has 0 aliphatic carbocycles. The van der Waals surface area contributed by atoms with Crippen LogP contribution in [0.25, 0.3) is 0 Å². The van der Waals surface area contributed by atoms with Crippen molar-refractivity contribution in [1.29, 1.82) is 0 Å². The Hall–Kier alpha value is -0.810. The largest absolute Gasteiger partial charge is 0.328 e.